The Morgan fingerprint density at radius 2 is 2.14 bits per heavy atom. The number of unbranched alkanes of at least 4 members (excludes halogenated alkanes) is 3. The highest BCUT2D eigenvalue weighted by Gasteiger charge is 2.30. The molecule has 2 atom stereocenters. The number of hydrogen-bond donors (Lipinski definition) is 0. The first-order valence-corrected chi connectivity index (χ1v) is 5.89. The van der Waals surface area contributed by atoms with E-state index in [0.29, 0.717) is 12.0 Å². The molecule has 0 aromatic rings. The maximum Gasteiger partial charge on any atom is 0.0672 e. The molecule has 1 aliphatic heterocycles. The van der Waals surface area contributed by atoms with Crippen LogP contribution < -0.4 is 0 Å². The van der Waals surface area contributed by atoms with Crippen molar-refractivity contribution in [2.45, 2.75) is 51.5 Å². The van der Waals surface area contributed by atoms with Crippen LogP contribution in [0.2, 0.25) is 0 Å². The molecule has 0 aliphatic carbocycles. The molecule has 14 heavy (non-hydrogen) atoms. The van der Waals surface area contributed by atoms with Gasteiger partial charge in [0, 0.05) is 6.04 Å². The highest BCUT2D eigenvalue weighted by molar-refractivity contribution is 4.97. The minimum Gasteiger partial charge on any atom is -0.302 e. The van der Waals surface area contributed by atoms with E-state index in [1.165, 1.54) is 32.1 Å². The molecule has 1 aliphatic rings. The Kier molecular flexibility index (Phi) is 4.97. The smallest absolute Gasteiger partial charge is 0.0672 e. The molecule has 80 valence electrons. The average Bonchev–Trinajstić information content (AvgIpc) is 2.55. The van der Waals surface area contributed by atoms with Gasteiger partial charge < -0.3 is 4.90 Å². The SMILES string of the molecule is CCCCCCC1C(C#N)CCN1C. The molecule has 2 nitrogen and oxygen atoms in total. The average molecular weight is 194 g/mol. The van der Waals surface area contributed by atoms with Crippen LogP contribution in [0.5, 0.6) is 0 Å². The molecule has 0 aromatic heterocycles. The van der Waals surface area contributed by atoms with Gasteiger partial charge >= 0.3 is 0 Å². The first-order chi connectivity index (χ1) is 6.79. The van der Waals surface area contributed by atoms with Crippen LogP contribution in [0.1, 0.15) is 45.4 Å². The quantitative estimate of drug-likeness (QED) is 0.629. The molecule has 2 unspecified atom stereocenters. The van der Waals surface area contributed by atoms with E-state index in [-0.39, 0.29) is 0 Å². The maximum atomic E-state index is 8.98. The Hall–Kier alpha value is -0.550. The lowest BCUT2D eigenvalue weighted by Gasteiger charge is -2.21. The highest BCUT2D eigenvalue weighted by Crippen LogP contribution is 2.26. The van der Waals surface area contributed by atoms with Crippen LogP contribution in [0, 0.1) is 17.2 Å². The zero-order chi connectivity index (χ0) is 10.4. The molecule has 0 amide bonds. The Morgan fingerprint density at radius 3 is 2.79 bits per heavy atom. The van der Waals surface area contributed by atoms with E-state index < -0.39 is 0 Å². The Morgan fingerprint density at radius 1 is 1.36 bits per heavy atom. The molecular formula is C12H22N2. The van der Waals surface area contributed by atoms with Crippen LogP contribution >= 0.6 is 0 Å². The molecular weight excluding hydrogens is 172 g/mol. The normalized spacial score (nSPS) is 27.8. The van der Waals surface area contributed by atoms with Crippen LogP contribution in [-0.4, -0.2) is 24.5 Å². The molecule has 0 aromatic carbocycles. The van der Waals surface area contributed by atoms with Crippen LogP contribution in [0.25, 0.3) is 0 Å². The number of hydrogen-bond acceptors (Lipinski definition) is 2. The third-order valence-electron chi connectivity index (χ3n) is 3.34. The summed E-state index contributed by atoms with van der Waals surface area (Å²) in [5.41, 5.74) is 0. The number of rotatable bonds is 5. The van der Waals surface area contributed by atoms with Crippen molar-refractivity contribution in [2.24, 2.45) is 5.92 Å². The molecule has 0 N–H and O–H groups in total. The predicted molar refractivity (Wildman–Crippen MR) is 58.9 cm³/mol. The van der Waals surface area contributed by atoms with Crippen molar-refractivity contribution in [3.63, 3.8) is 0 Å². The second kappa shape index (κ2) is 6.03. The van der Waals surface area contributed by atoms with Crippen molar-refractivity contribution in [3.8, 4) is 6.07 Å². The summed E-state index contributed by atoms with van der Waals surface area (Å²) in [6.07, 6.45) is 7.55. The second-order valence-corrected chi connectivity index (χ2v) is 4.42. The lowest BCUT2D eigenvalue weighted by atomic mass is 9.96. The predicted octanol–water partition coefficient (Wildman–Crippen LogP) is 2.80. The van der Waals surface area contributed by atoms with Gasteiger partial charge in [-0.2, -0.15) is 5.26 Å². The van der Waals surface area contributed by atoms with E-state index in [0.717, 1.165) is 13.0 Å². The first-order valence-electron chi connectivity index (χ1n) is 5.89. The lowest BCUT2D eigenvalue weighted by Crippen LogP contribution is -2.28. The van der Waals surface area contributed by atoms with Gasteiger partial charge in [-0.3, -0.25) is 0 Å². The summed E-state index contributed by atoms with van der Waals surface area (Å²) in [5.74, 6) is 0.293. The minimum absolute atomic E-state index is 0.293. The fourth-order valence-corrected chi connectivity index (χ4v) is 2.36. The van der Waals surface area contributed by atoms with Gasteiger partial charge in [-0.1, -0.05) is 32.6 Å². The summed E-state index contributed by atoms with van der Waals surface area (Å²) < 4.78 is 0. The zero-order valence-electron chi connectivity index (χ0n) is 9.50. The molecule has 0 spiro atoms. The minimum atomic E-state index is 0.293. The van der Waals surface area contributed by atoms with Gasteiger partial charge in [-0.05, 0) is 26.4 Å². The monoisotopic (exact) mass is 194 g/mol. The Balaban J connectivity index is 2.24. The van der Waals surface area contributed by atoms with E-state index in [1.54, 1.807) is 0 Å². The molecule has 1 heterocycles. The molecule has 0 saturated carbocycles. The third-order valence-corrected chi connectivity index (χ3v) is 3.34. The van der Waals surface area contributed by atoms with Crippen molar-refractivity contribution in [1.29, 1.82) is 5.26 Å². The van der Waals surface area contributed by atoms with E-state index in [9.17, 15) is 0 Å². The molecule has 0 radical (unpaired) electrons. The van der Waals surface area contributed by atoms with Gasteiger partial charge in [0.15, 0.2) is 0 Å². The summed E-state index contributed by atoms with van der Waals surface area (Å²) >= 11 is 0. The topological polar surface area (TPSA) is 27.0 Å². The van der Waals surface area contributed by atoms with Crippen LogP contribution in [-0.2, 0) is 0 Å². The van der Waals surface area contributed by atoms with Crippen LogP contribution in [0.3, 0.4) is 0 Å². The standard InChI is InChI=1S/C12H22N2/c1-3-4-5-6-7-12-11(10-13)8-9-14(12)2/h11-12H,3-9H2,1-2H3. The van der Waals surface area contributed by atoms with E-state index in [1.807, 2.05) is 0 Å². The zero-order valence-corrected chi connectivity index (χ0v) is 9.50. The van der Waals surface area contributed by atoms with E-state index in [4.69, 9.17) is 5.26 Å². The van der Waals surface area contributed by atoms with Crippen LogP contribution in [0.4, 0.5) is 0 Å². The van der Waals surface area contributed by atoms with Crippen molar-refractivity contribution in [2.75, 3.05) is 13.6 Å². The van der Waals surface area contributed by atoms with Crippen molar-refractivity contribution >= 4 is 0 Å². The van der Waals surface area contributed by atoms with Gasteiger partial charge in [-0.15, -0.1) is 0 Å². The van der Waals surface area contributed by atoms with Crippen molar-refractivity contribution in [3.05, 3.63) is 0 Å². The third kappa shape index (κ3) is 2.99. The summed E-state index contributed by atoms with van der Waals surface area (Å²) in [7, 11) is 2.15. The van der Waals surface area contributed by atoms with Gasteiger partial charge in [0.05, 0.1) is 12.0 Å². The molecule has 1 fully saturated rings. The fourth-order valence-electron chi connectivity index (χ4n) is 2.36. The van der Waals surface area contributed by atoms with Gasteiger partial charge in [0.2, 0.25) is 0 Å². The van der Waals surface area contributed by atoms with Gasteiger partial charge in [-0.25, -0.2) is 0 Å². The van der Waals surface area contributed by atoms with Gasteiger partial charge in [0.25, 0.3) is 0 Å². The number of nitriles is 1. The summed E-state index contributed by atoms with van der Waals surface area (Å²) in [4.78, 5) is 2.36. The summed E-state index contributed by atoms with van der Waals surface area (Å²) in [6.45, 7) is 3.34. The Bertz CT molecular complexity index is 195. The molecule has 0 bridgehead atoms. The summed E-state index contributed by atoms with van der Waals surface area (Å²) in [5, 5.41) is 8.98. The van der Waals surface area contributed by atoms with Gasteiger partial charge in [0.1, 0.15) is 0 Å². The molecule has 1 rings (SSSR count). The largest absolute Gasteiger partial charge is 0.302 e. The van der Waals surface area contributed by atoms with Crippen LogP contribution in [0.15, 0.2) is 0 Å². The van der Waals surface area contributed by atoms with Crippen molar-refractivity contribution < 1.29 is 0 Å². The number of nitrogens with zero attached hydrogens (tertiary/aromatic N) is 2. The Labute approximate surface area is 87.9 Å². The number of likely N-dealkylation sites (tertiary alicyclic amines) is 1. The fraction of sp³-hybridized carbons (Fsp3) is 0.917. The maximum absolute atomic E-state index is 8.98. The molecule has 2 heteroatoms. The highest BCUT2D eigenvalue weighted by atomic mass is 15.2. The molecule has 1 saturated heterocycles. The summed E-state index contributed by atoms with van der Waals surface area (Å²) in [6, 6.07) is 2.98. The first kappa shape index (κ1) is 11.5. The second-order valence-electron chi connectivity index (χ2n) is 4.42. The lowest BCUT2D eigenvalue weighted by molar-refractivity contribution is 0.270. The van der Waals surface area contributed by atoms with E-state index >= 15 is 0 Å². The van der Waals surface area contributed by atoms with E-state index in [2.05, 4.69) is 24.9 Å². The van der Waals surface area contributed by atoms with Crippen molar-refractivity contribution in [1.82, 2.24) is 4.90 Å².